The van der Waals surface area contributed by atoms with E-state index in [2.05, 4.69) is 12.1 Å². The Balaban J connectivity index is 1.48. The lowest BCUT2D eigenvalue weighted by molar-refractivity contribution is -0.284. The number of rotatable bonds is 10. The average Bonchev–Trinajstić information content (AvgIpc) is 2.97. The Morgan fingerprint density at radius 3 is 1.74 bits per heavy atom. The second-order valence-electron chi connectivity index (χ2n) is 10.5. The van der Waals surface area contributed by atoms with Crippen molar-refractivity contribution in [3.8, 4) is 0 Å². The molecule has 1 aliphatic carbocycles. The molecule has 0 bridgehead atoms. The van der Waals surface area contributed by atoms with E-state index < -0.39 is 30.0 Å². The Labute approximate surface area is 231 Å². The van der Waals surface area contributed by atoms with Crippen LogP contribution in [0.5, 0.6) is 0 Å². The van der Waals surface area contributed by atoms with Gasteiger partial charge in [-0.05, 0) is 36.0 Å². The van der Waals surface area contributed by atoms with Crippen molar-refractivity contribution in [3.05, 3.63) is 108 Å². The van der Waals surface area contributed by atoms with Crippen LogP contribution >= 0.6 is 0 Å². The van der Waals surface area contributed by atoms with Crippen LogP contribution in [-0.2, 0) is 48.3 Å². The van der Waals surface area contributed by atoms with E-state index in [9.17, 15) is 4.79 Å². The third kappa shape index (κ3) is 7.14. The fraction of sp³-hybridized carbons (Fsp3) is 0.424. The summed E-state index contributed by atoms with van der Waals surface area (Å²) in [5, 5.41) is 0. The lowest BCUT2D eigenvalue weighted by Crippen LogP contribution is -2.67. The average molecular weight is 531 g/mol. The largest absolute Gasteiger partial charge is 0.460 e. The maximum Gasteiger partial charge on any atom is 0.302 e. The number of esters is 1. The van der Waals surface area contributed by atoms with Gasteiger partial charge in [-0.25, -0.2) is 0 Å². The molecular formula is C33H38O6. The second kappa shape index (κ2) is 13.4. The predicted octanol–water partition coefficient (Wildman–Crippen LogP) is 6.02. The highest BCUT2D eigenvalue weighted by Crippen LogP contribution is 2.44. The Hall–Kier alpha value is -3.03. The van der Waals surface area contributed by atoms with Crippen LogP contribution in [0.15, 0.2) is 91.0 Å². The molecule has 3 aromatic rings. The van der Waals surface area contributed by atoms with Crippen LogP contribution in [0.25, 0.3) is 0 Å². The van der Waals surface area contributed by atoms with Gasteiger partial charge in [0.2, 0.25) is 0 Å². The molecule has 0 N–H and O–H groups in total. The van der Waals surface area contributed by atoms with E-state index in [-0.39, 0.29) is 5.97 Å². The molecule has 6 nitrogen and oxygen atoms in total. The van der Waals surface area contributed by atoms with Crippen LogP contribution in [0.3, 0.4) is 0 Å². The molecule has 206 valence electrons. The van der Waals surface area contributed by atoms with Crippen LogP contribution in [-0.4, -0.2) is 42.6 Å². The standard InChI is InChI=1S/C33H38O6/c1-25(34)39-29-21-33(19-11-12-20-38-33)32(37-24-28-17-9-4-10-18-28)31(36-23-27-15-7-3-8-16-27)30(29)35-22-26-13-5-2-6-14-26/h2-10,13-18,29-32H,11-12,19-24H2,1H3/t29-,30-,31+,32-,33+/m1/s1. The summed E-state index contributed by atoms with van der Waals surface area (Å²) in [5.74, 6) is -0.343. The molecule has 5 rings (SSSR count). The highest BCUT2D eigenvalue weighted by molar-refractivity contribution is 5.66. The topological polar surface area (TPSA) is 63.2 Å². The van der Waals surface area contributed by atoms with Gasteiger partial charge in [0.05, 0.1) is 19.8 Å². The minimum absolute atomic E-state index is 0.343. The summed E-state index contributed by atoms with van der Waals surface area (Å²) in [6, 6.07) is 30.2. The molecule has 6 heteroatoms. The van der Waals surface area contributed by atoms with Gasteiger partial charge in [0, 0.05) is 20.0 Å². The van der Waals surface area contributed by atoms with Gasteiger partial charge in [0.15, 0.2) is 0 Å². The molecule has 0 unspecified atom stereocenters. The van der Waals surface area contributed by atoms with Crippen LogP contribution in [0, 0.1) is 0 Å². The van der Waals surface area contributed by atoms with E-state index in [0.29, 0.717) is 32.8 Å². The van der Waals surface area contributed by atoms with Crippen molar-refractivity contribution in [1.29, 1.82) is 0 Å². The van der Waals surface area contributed by atoms with Crippen LogP contribution < -0.4 is 0 Å². The highest BCUT2D eigenvalue weighted by atomic mass is 16.6. The van der Waals surface area contributed by atoms with E-state index >= 15 is 0 Å². The van der Waals surface area contributed by atoms with Gasteiger partial charge in [0.1, 0.15) is 30.0 Å². The molecule has 1 aliphatic heterocycles. The van der Waals surface area contributed by atoms with Crippen molar-refractivity contribution in [2.45, 2.75) is 82.4 Å². The summed E-state index contributed by atoms with van der Waals surface area (Å²) in [6.07, 6.45) is 1.32. The molecule has 0 amide bonds. The first kappa shape index (κ1) is 27.5. The minimum atomic E-state index is -0.638. The number of hydrogen-bond donors (Lipinski definition) is 0. The van der Waals surface area contributed by atoms with Crippen molar-refractivity contribution < 1.29 is 28.5 Å². The maximum absolute atomic E-state index is 12.3. The molecule has 5 atom stereocenters. The van der Waals surface area contributed by atoms with Crippen molar-refractivity contribution in [1.82, 2.24) is 0 Å². The zero-order valence-electron chi connectivity index (χ0n) is 22.6. The molecule has 3 aromatic carbocycles. The molecule has 2 fully saturated rings. The fourth-order valence-corrected chi connectivity index (χ4v) is 5.76. The van der Waals surface area contributed by atoms with Gasteiger partial charge in [-0.3, -0.25) is 4.79 Å². The van der Waals surface area contributed by atoms with Crippen LogP contribution in [0.1, 0.15) is 49.3 Å². The molecule has 1 spiro atoms. The molecule has 0 aromatic heterocycles. The lowest BCUT2D eigenvalue weighted by atomic mass is 9.73. The number of ether oxygens (including phenoxy) is 5. The molecule has 1 saturated carbocycles. The van der Waals surface area contributed by atoms with Gasteiger partial charge in [-0.1, -0.05) is 91.0 Å². The minimum Gasteiger partial charge on any atom is -0.460 e. The smallest absolute Gasteiger partial charge is 0.302 e. The Morgan fingerprint density at radius 1 is 0.744 bits per heavy atom. The quantitative estimate of drug-likeness (QED) is 0.299. The predicted molar refractivity (Wildman–Crippen MR) is 148 cm³/mol. The zero-order valence-corrected chi connectivity index (χ0v) is 22.6. The van der Waals surface area contributed by atoms with E-state index in [4.69, 9.17) is 23.7 Å². The van der Waals surface area contributed by atoms with E-state index in [1.807, 2.05) is 78.9 Å². The number of carbonyl (C=O) groups is 1. The number of carbonyl (C=O) groups excluding carboxylic acids is 1. The first-order valence-electron chi connectivity index (χ1n) is 13.9. The van der Waals surface area contributed by atoms with E-state index in [0.717, 1.165) is 36.0 Å². The second-order valence-corrected chi connectivity index (χ2v) is 10.5. The van der Waals surface area contributed by atoms with Crippen molar-refractivity contribution in [2.24, 2.45) is 0 Å². The van der Waals surface area contributed by atoms with E-state index in [1.54, 1.807) is 0 Å². The zero-order chi connectivity index (χ0) is 26.9. The molecule has 39 heavy (non-hydrogen) atoms. The first-order valence-corrected chi connectivity index (χ1v) is 13.9. The van der Waals surface area contributed by atoms with Crippen molar-refractivity contribution in [3.63, 3.8) is 0 Å². The summed E-state index contributed by atoms with van der Waals surface area (Å²) in [5.41, 5.74) is 2.53. The Morgan fingerprint density at radius 2 is 1.26 bits per heavy atom. The number of benzene rings is 3. The van der Waals surface area contributed by atoms with Crippen molar-refractivity contribution >= 4 is 5.97 Å². The van der Waals surface area contributed by atoms with Gasteiger partial charge < -0.3 is 23.7 Å². The molecule has 1 heterocycles. The third-order valence-corrected chi connectivity index (χ3v) is 7.60. The third-order valence-electron chi connectivity index (χ3n) is 7.60. The molecule has 2 aliphatic rings. The highest BCUT2D eigenvalue weighted by Gasteiger charge is 2.58. The van der Waals surface area contributed by atoms with Gasteiger partial charge in [-0.2, -0.15) is 0 Å². The summed E-state index contributed by atoms with van der Waals surface area (Å²) in [7, 11) is 0. The van der Waals surface area contributed by atoms with Crippen LogP contribution in [0.2, 0.25) is 0 Å². The number of hydrogen-bond acceptors (Lipinski definition) is 6. The van der Waals surface area contributed by atoms with Gasteiger partial charge in [0.25, 0.3) is 0 Å². The van der Waals surface area contributed by atoms with Gasteiger partial charge in [-0.15, -0.1) is 0 Å². The summed E-state index contributed by atoms with van der Waals surface area (Å²) >= 11 is 0. The summed E-state index contributed by atoms with van der Waals surface area (Å²) in [6.45, 7) is 3.25. The molecular weight excluding hydrogens is 492 g/mol. The summed E-state index contributed by atoms with van der Waals surface area (Å²) in [4.78, 5) is 12.3. The normalized spacial score (nSPS) is 26.8. The molecule has 0 radical (unpaired) electrons. The van der Waals surface area contributed by atoms with Crippen molar-refractivity contribution in [2.75, 3.05) is 6.61 Å². The summed E-state index contributed by atoms with van der Waals surface area (Å²) < 4.78 is 32.5. The van der Waals surface area contributed by atoms with Crippen LogP contribution in [0.4, 0.5) is 0 Å². The lowest BCUT2D eigenvalue weighted by Gasteiger charge is -2.53. The van der Waals surface area contributed by atoms with Gasteiger partial charge >= 0.3 is 5.97 Å². The SMILES string of the molecule is CC(=O)O[C@@H]1C[C@@]2(CCCCO2)[C@H](OCc2ccccc2)[C@@H](OCc2ccccc2)[C@@H]1OCc1ccccc1. The fourth-order valence-electron chi connectivity index (χ4n) is 5.76. The molecule has 1 saturated heterocycles. The first-order chi connectivity index (χ1) is 19.1. The van der Waals surface area contributed by atoms with E-state index in [1.165, 1.54) is 6.92 Å². The maximum atomic E-state index is 12.3. The Kier molecular flexibility index (Phi) is 9.43. The monoisotopic (exact) mass is 530 g/mol. The Bertz CT molecular complexity index is 1150.